The Hall–Kier alpha value is -1.72. The van der Waals surface area contributed by atoms with E-state index in [4.69, 9.17) is 18.7 Å². The molecule has 0 spiro atoms. The van der Waals surface area contributed by atoms with Gasteiger partial charge in [0.1, 0.15) is 17.4 Å². The minimum absolute atomic E-state index is 0.236. The van der Waals surface area contributed by atoms with Gasteiger partial charge in [0, 0.05) is 19.3 Å². The van der Waals surface area contributed by atoms with Crippen molar-refractivity contribution in [2.24, 2.45) is 5.41 Å². The summed E-state index contributed by atoms with van der Waals surface area (Å²) in [5, 5.41) is 0. The van der Waals surface area contributed by atoms with Gasteiger partial charge in [-0.2, -0.15) is 0 Å². The van der Waals surface area contributed by atoms with E-state index in [1.54, 1.807) is 39.9 Å². The van der Waals surface area contributed by atoms with Gasteiger partial charge in [0.2, 0.25) is 7.37 Å². The first-order valence-corrected chi connectivity index (χ1v) is 12.9. The molecule has 2 aromatic rings. The molecule has 0 aliphatic heterocycles. The Kier molecular flexibility index (Phi) is 9.06. The first kappa shape index (κ1) is 26.5. The van der Waals surface area contributed by atoms with E-state index in [0.29, 0.717) is 17.9 Å². The van der Waals surface area contributed by atoms with Crippen LogP contribution in [0.5, 0.6) is 5.75 Å². The topological polar surface area (TPSA) is 54.0 Å². The lowest BCUT2D eigenvalue weighted by Crippen LogP contribution is -2.21. The van der Waals surface area contributed by atoms with Gasteiger partial charge in [0.25, 0.3) is 0 Å². The second-order valence-corrected chi connectivity index (χ2v) is 11.8. The lowest BCUT2D eigenvalue weighted by atomic mass is 9.81. The van der Waals surface area contributed by atoms with Crippen LogP contribution in [0, 0.1) is 11.2 Å². The summed E-state index contributed by atoms with van der Waals surface area (Å²) >= 11 is 0. The molecule has 7 heteroatoms. The van der Waals surface area contributed by atoms with Crippen LogP contribution in [0.3, 0.4) is 0 Å². The van der Waals surface area contributed by atoms with Crippen LogP contribution < -0.4 is 4.74 Å². The molecule has 5 nitrogen and oxygen atoms in total. The molecule has 0 saturated heterocycles. The largest absolute Gasteiger partial charge is 0.497 e. The van der Waals surface area contributed by atoms with Crippen molar-refractivity contribution < 1.29 is 27.7 Å². The van der Waals surface area contributed by atoms with Crippen molar-refractivity contribution in [1.29, 1.82) is 0 Å². The molecule has 0 bridgehead atoms. The predicted molar refractivity (Wildman–Crippen MR) is 127 cm³/mol. The van der Waals surface area contributed by atoms with E-state index in [1.165, 1.54) is 6.07 Å². The zero-order chi connectivity index (χ0) is 24.1. The van der Waals surface area contributed by atoms with Gasteiger partial charge in [0.05, 0.1) is 26.4 Å². The lowest BCUT2D eigenvalue weighted by molar-refractivity contribution is 0.0154. The number of hydrogen-bond acceptors (Lipinski definition) is 5. The standard InChI is InChI=1S/C25H36FO5P/c1-9-31-32(8,27)17(2)30-16-18-10-12-20(21-15-19(28-6)11-13-23(21)26)22(14-18)24(29-7)25(3,4)5/h10-15,17,24H,9,16H2,1-8H3/t17?,24-,32?/m1/s1. The van der Waals surface area contributed by atoms with E-state index in [-0.39, 0.29) is 23.9 Å². The van der Waals surface area contributed by atoms with Gasteiger partial charge < -0.3 is 18.7 Å². The number of rotatable bonds is 10. The maximum absolute atomic E-state index is 14.8. The zero-order valence-corrected chi connectivity index (χ0v) is 21.3. The number of benzene rings is 2. The number of halogens is 1. The smallest absolute Gasteiger partial charge is 0.227 e. The van der Waals surface area contributed by atoms with E-state index in [9.17, 15) is 8.96 Å². The molecule has 3 atom stereocenters. The highest BCUT2D eigenvalue weighted by molar-refractivity contribution is 7.58. The molecule has 32 heavy (non-hydrogen) atoms. The van der Waals surface area contributed by atoms with Crippen molar-refractivity contribution in [1.82, 2.24) is 0 Å². The van der Waals surface area contributed by atoms with Gasteiger partial charge in [-0.25, -0.2) is 4.39 Å². The maximum Gasteiger partial charge on any atom is 0.227 e. The minimum Gasteiger partial charge on any atom is -0.497 e. The molecule has 0 aliphatic rings. The number of hydrogen-bond donors (Lipinski definition) is 0. The molecule has 178 valence electrons. The van der Waals surface area contributed by atoms with E-state index in [0.717, 1.165) is 16.7 Å². The van der Waals surface area contributed by atoms with Crippen molar-refractivity contribution in [2.45, 2.75) is 53.2 Å². The van der Waals surface area contributed by atoms with Gasteiger partial charge in [-0.3, -0.25) is 4.57 Å². The lowest BCUT2D eigenvalue weighted by Gasteiger charge is -2.32. The van der Waals surface area contributed by atoms with Crippen LogP contribution in [-0.4, -0.2) is 33.3 Å². The highest BCUT2D eigenvalue weighted by atomic mass is 31.2. The van der Waals surface area contributed by atoms with Crippen molar-refractivity contribution >= 4 is 7.37 Å². The Balaban J connectivity index is 2.50. The van der Waals surface area contributed by atoms with Crippen molar-refractivity contribution in [3.05, 3.63) is 53.3 Å². The van der Waals surface area contributed by atoms with Crippen LogP contribution >= 0.6 is 7.37 Å². The normalized spacial score (nSPS) is 15.8. The summed E-state index contributed by atoms with van der Waals surface area (Å²) in [7, 11) is 0.345. The van der Waals surface area contributed by atoms with Crippen LogP contribution in [0.15, 0.2) is 36.4 Å². The zero-order valence-electron chi connectivity index (χ0n) is 20.4. The predicted octanol–water partition coefficient (Wildman–Crippen LogP) is 7.04. The van der Waals surface area contributed by atoms with Crippen LogP contribution in [0.1, 0.15) is 51.8 Å². The SMILES string of the molecule is CCOP(C)(=O)C(C)OCc1ccc(-c2cc(OC)ccc2F)c([C@@H](OC)C(C)(C)C)c1. The molecular weight excluding hydrogens is 430 g/mol. The van der Waals surface area contributed by atoms with Crippen molar-refractivity contribution in [2.75, 3.05) is 27.5 Å². The average molecular weight is 467 g/mol. The van der Waals surface area contributed by atoms with Crippen LogP contribution in [0.25, 0.3) is 11.1 Å². The molecule has 2 unspecified atom stereocenters. The summed E-state index contributed by atoms with van der Waals surface area (Å²) in [4.78, 5) is 0. The third-order valence-corrected chi connectivity index (χ3v) is 7.66. The van der Waals surface area contributed by atoms with E-state index in [1.807, 2.05) is 25.1 Å². The van der Waals surface area contributed by atoms with Crippen LogP contribution in [0.2, 0.25) is 0 Å². The van der Waals surface area contributed by atoms with E-state index < -0.39 is 13.2 Å². The molecule has 0 aromatic heterocycles. The first-order chi connectivity index (χ1) is 14.9. The van der Waals surface area contributed by atoms with Crippen LogP contribution in [0.4, 0.5) is 4.39 Å². The summed E-state index contributed by atoms with van der Waals surface area (Å²) in [6, 6.07) is 10.4. The molecule has 2 aromatic carbocycles. The summed E-state index contributed by atoms with van der Waals surface area (Å²) < 4.78 is 49.9. The molecular formula is C25H36FO5P. The fourth-order valence-electron chi connectivity index (χ4n) is 3.66. The third kappa shape index (κ3) is 6.41. The van der Waals surface area contributed by atoms with Gasteiger partial charge in [-0.05, 0) is 54.2 Å². The fraction of sp³-hybridized carbons (Fsp3) is 0.520. The third-order valence-electron chi connectivity index (χ3n) is 5.42. The highest BCUT2D eigenvalue weighted by Crippen LogP contribution is 2.48. The Morgan fingerprint density at radius 1 is 1.06 bits per heavy atom. The molecule has 0 aliphatic carbocycles. The number of ether oxygens (including phenoxy) is 3. The quantitative estimate of drug-likeness (QED) is 0.352. The molecule has 0 amide bonds. The monoisotopic (exact) mass is 466 g/mol. The van der Waals surface area contributed by atoms with Gasteiger partial charge in [-0.1, -0.05) is 39.0 Å². The molecule has 0 radical (unpaired) electrons. The van der Waals surface area contributed by atoms with E-state index in [2.05, 4.69) is 20.8 Å². The summed E-state index contributed by atoms with van der Waals surface area (Å²) in [5.41, 5.74) is 2.67. The van der Waals surface area contributed by atoms with E-state index >= 15 is 0 Å². The molecule has 0 heterocycles. The molecule has 2 rings (SSSR count). The maximum atomic E-state index is 14.8. The highest BCUT2D eigenvalue weighted by Gasteiger charge is 2.30. The van der Waals surface area contributed by atoms with Crippen molar-refractivity contribution in [3.63, 3.8) is 0 Å². The van der Waals surface area contributed by atoms with Gasteiger partial charge >= 0.3 is 0 Å². The van der Waals surface area contributed by atoms with Crippen LogP contribution in [-0.2, 0) is 25.2 Å². The molecule has 0 saturated carbocycles. The second kappa shape index (κ2) is 10.9. The Morgan fingerprint density at radius 3 is 2.31 bits per heavy atom. The average Bonchev–Trinajstić information content (AvgIpc) is 2.72. The Bertz CT molecular complexity index is 954. The Labute approximate surface area is 191 Å². The van der Waals surface area contributed by atoms with Gasteiger partial charge in [0.15, 0.2) is 0 Å². The second-order valence-electron chi connectivity index (χ2n) is 8.99. The first-order valence-electron chi connectivity index (χ1n) is 10.8. The Morgan fingerprint density at radius 2 is 1.75 bits per heavy atom. The molecule has 0 N–H and O–H groups in total. The minimum atomic E-state index is -2.87. The van der Waals surface area contributed by atoms with Gasteiger partial charge in [-0.15, -0.1) is 0 Å². The summed E-state index contributed by atoms with van der Waals surface area (Å²) in [6.07, 6.45) is -0.291. The number of methoxy groups -OCH3 is 2. The summed E-state index contributed by atoms with van der Waals surface area (Å²) in [6.45, 7) is 12.0. The van der Waals surface area contributed by atoms with Crippen molar-refractivity contribution in [3.8, 4) is 16.9 Å². The summed E-state index contributed by atoms with van der Waals surface area (Å²) in [5.74, 6) is -0.299. The fourth-order valence-corrected chi connectivity index (χ4v) is 4.73. The molecule has 0 fully saturated rings.